The maximum Gasteiger partial charge on any atom is 0.159 e. The van der Waals surface area contributed by atoms with Crippen LogP contribution in [0.2, 0.25) is 0 Å². The summed E-state index contributed by atoms with van der Waals surface area (Å²) in [5.74, 6) is 0.492. The van der Waals surface area contributed by atoms with Crippen molar-refractivity contribution in [2.75, 3.05) is 13.6 Å². The first-order valence-electron chi connectivity index (χ1n) is 23.8. The number of carbonyl (C=O) groups is 1. The SMILES string of the molecule is CNCC1C(O)C(O)CC2(C)C3CCC4(C)C(C5CC6CCCC7=C6C(C(C(C)(C)CCn6ccnc6)=C6CCCC8(CCCC8)C76)C5O)CCC4(O)C3=CC(=O)C12. The lowest BCUT2D eigenvalue weighted by molar-refractivity contribution is -0.170. The topological polar surface area (TPSA) is 128 Å². The number of aliphatic hydroxyl groups is 4. The molecule has 0 bridgehead atoms. The fraction of sp³-hybridized carbons (Fsp3) is 0.800. The van der Waals surface area contributed by atoms with Gasteiger partial charge in [0.2, 0.25) is 0 Å². The Kier molecular flexibility index (Phi) is 9.63. The van der Waals surface area contributed by atoms with Crippen LogP contribution in [-0.4, -0.2) is 73.3 Å². The van der Waals surface area contributed by atoms with Crippen LogP contribution in [0.15, 0.2) is 52.7 Å². The fourth-order valence-electron chi connectivity index (χ4n) is 17.4. The summed E-state index contributed by atoms with van der Waals surface area (Å²) in [5.41, 5.74) is 5.74. The van der Waals surface area contributed by atoms with Crippen LogP contribution in [0.5, 0.6) is 0 Å². The molecular formula is C50H73N3O5. The molecule has 58 heavy (non-hydrogen) atoms. The van der Waals surface area contributed by atoms with E-state index in [4.69, 9.17) is 0 Å². The minimum atomic E-state index is -1.14. The van der Waals surface area contributed by atoms with Crippen molar-refractivity contribution in [3.8, 4) is 0 Å². The number of imidazole rings is 1. The van der Waals surface area contributed by atoms with Gasteiger partial charge in [0, 0.05) is 54.6 Å². The van der Waals surface area contributed by atoms with Crippen molar-refractivity contribution in [2.24, 2.45) is 69.0 Å². The van der Waals surface area contributed by atoms with Crippen LogP contribution in [-0.2, 0) is 11.3 Å². The highest BCUT2D eigenvalue weighted by Gasteiger charge is 2.69. The van der Waals surface area contributed by atoms with E-state index >= 15 is 0 Å². The molecule has 6 fully saturated rings. The molecule has 1 spiro atoms. The van der Waals surface area contributed by atoms with Gasteiger partial charge < -0.3 is 30.3 Å². The van der Waals surface area contributed by atoms with Crippen LogP contribution in [0.3, 0.4) is 0 Å². The third-order valence-electron chi connectivity index (χ3n) is 19.8. The van der Waals surface area contributed by atoms with E-state index in [0.29, 0.717) is 36.6 Å². The number of aromatic nitrogens is 2. The number of ketones is 1. The van der Waals surface area contributed by atoms with Crippen molar-refractivity contribution < 1.29 is 25.2 Å². The molecule has 1 heterocycles. The Balaban J connectivity index is 1.03. The van der Waals surface area contributed by atoms with Crippen molar-refractivity contribution in [3.05, 3.63) is 52.7 Å². The summed E-state index contributed by atoms with van der Waals surface area (Å²) >= 11 is 0. The molecule has 8 nitrogen and oxygen atoms in total. The molecule has 9 aliphatic carbocycles. The average Bonchev–Trinajstić information content (AvgIpc) is 3.95. The molecule has 1 aromatic rings. The molecule has 0 aromatic carbocycles. The third-order valence-corrected chi connectivity index (χ3v) is 19.8. The van der Waals surface area contributed by atoms with Gasteiger partial charge in [-0.2, -0.15) is 0 Å². The van der Waals surface area contributed by atoms with E-state index < -0.39 is 40.7 Å². The Morgan fingerprint density at radius 2 is 1.71 bits per heavy atom. The molecule has 8 heteroatoms. The number of rotatable bonds is 7. The number of aryl methyl sites for hydroxylation is 1. The Morgan fingerprint density at radius 3 is 2.45 bits per heavy atom. The van der Waals surface area contributed by atoms with Crippen LogP contribution in [0.1, 0.15) is 137 Å². The Bertz CT molecular complexity index is 1890. The largest absolute Gasteiger partial charge is 0.392 e. The average molecular weight is 796 g/mol. The maximum atomic E-state index is 14.4. The van der Waals surface area contributed by atoms with Gasteiger partial charge in [-0.3, -0.25) is 4.79 Å². The van der Waals surface area contributed by atoms with Gasteiger partial charge in [0.25, 0.3) is 0 Å². The minimum absolute atomic E-state index is 0.00163. The lowest BCUT2D eigenvalue weighted by Gasteiger charge is -2.62. The number of carbonyl (C=O) groups excluding carboxylic acids is 1. The van der Waals surface area contributed by atoms with E-state index in [1.807, 2.05) is 25.6 Å². The predicted molar refractivity (Wildman–Crippen MR) is 225 cm³/mol. The maximum absolute atomic E-state index is 14.4. The number of hydrogen-bond donors (Lipinski definition) is 5. The number of hydrogen-bond acceptors (Lipinski definition) is 7. The summed E-state index contributed by atoms with van der Waals surface area (Å²) in [5, 5.41) is 52.3. The zero-order valence-corrected chi connectivity index (χ0v) is 36.2. The van der Waals surface area contributed by atoms with Crippen molar-refractivity contribution in [1.82, 2.24) is 14.9 Å². The van der Waals surface area contributed by atoms with Crippen molar-refractivity contribution in [1.29, 1.82) is 0 Å². The highest BCUT2D eigenvalue weighted by Crippen LogP contribution is 2.72. The lowest BCUT2D eigenvalue weighted by atomic mass is 9.43. The number of aliphatic hydroxyl groups excluding tert-OH is 3. The predicted octanol–water partition coefficient (Wildman–Crippen LogP) is 7.71. The summed E-state index contributed by atoms with van der Waals surface area (Å²) in [7, 11) is 1.84. The lowest BCUT2D eigenvalue weighted by Crippen LogP contribution is -2.64. The highest BCUT2D eigenvalue weighted by atomic mass is 16.3. The first-order chi connectivity index (χ1) is 27.7. The second kappa shape index (κ2) is 14.0. The van der Waals surface area contributed by atoms with Crippen LogP contribution in [0.4, 0.5) is 0 Å². The Morgan fingerprint density at radius 1 is 0.948 bits per heavy atom. The van der Waals surface area contributed by atoms with Crippen LogP contribution < -0.4 is 5.32 Å². The molecule has 318 valence electrons. The molecule has 14 atom stereocenters. The van der Waals surface area contributed by atoms with Crippen molar-refractivity contribution in [2.45, 2.75) is 167 Å². The van der Waals surface area contributed by atoms with Gasteiger partial charge in [-0.25, -0.2) is 4.98 Å². The summed E-state index contributed by atoms with van der Waals surface area (Å²) in [6.07, 6.45) is 23.7. The van der Waals surface area contributed by atoms with E-state index in [0.717, 1.165) is 50.6 Å². The Hall–Kier alpha value is -2.10. The first kappa shape index (κ1) is 40.0. The monoisotopic (exact) mass is 796 g/mol. The van der Waals surface area contributed by atoms with Gasteiger partial charge in [0.1, 0.15) is 0 Å². The second-order valence-electron chi connectivity index (χ2n) is 22.7. The summed E-state index contributed by atoms with van der Waals surface area (Å²) in [4.78, 5) is 18.7. The smallest absolute Gasteiger partial charge is 0.159 e. The number of fused-ring (bicyclic) bond motifs is 8. The quantitative estimate of drug-likeness (QED) is 0.179. The molecule has 0 saturated heterocycles. The normalized spacial score (nSPS) is 45.7. The van der Waals surface area contributed by atoms with Gasteiger partial charge in [-0.05, 0) is 155 Å². The molecule has 0 aliphatic heterocycles. The molecule has 6 saturated carbocycles. The zero-order chi connectivity index (χ0) is 40.6. The third kappa shape index (κ3) is 5.48. The molecule has 10 rings (SSSR count). The number of nitrogens with one attached hydrogen (secondary N) is 1. The molecule has 0 radical (unpaired) electrons. The first-order valence-corrected chi connectivity index (χ1v) is 23.8. The zero-order valence-electron chi connectivity index (χ0n) is 36.2. The van der Waals surface area contributed by atoms with Crippen LogP contribution in [0.25, 0.3) is 0 Å². The number of allylic oxidation sites excluding steroid dienone is 3. The van der Waals surface area contributed by atoms with Crippen molar-refractivity contribution in [3.63, 3.8) is 0 Å². The van der Waals surface area contributed by atoms with Crippen LogP contribution >= 0.6 is 0 Å². The van der Waals surface area contributed by atoms with E-state index in [2.05, 4.69) is 48.8 Å². The summed E-state index contributed by atoms with van der Waals surface area (Å²) < 4.78 is 2.22. The summed E-state index contributed by atoms with van der Waals surface area (Å²) in [6, 6.07) is 0. The summed E-state index contributed by atoms with van der Waals surface area (Å²) in [6.45, 7) is 10.8. The second-order valence-corrected chi connectivity index (χ2v) is 22.7. The van der Waals surface area contributed by atoms with Crippen LogP contribution in [0, 0.1) is 69.0 Å². The fourth-order valence-corrected chi connectivity index (χ4v) is 17.4. The minimum Gasteiger partial charge on any atom is -0.392 e. The van der Waals surface area contributed by atoms with Gasteiger partial charge >= 0.3 is 0 Å². The van der Waals surface area contributed by atoms with E-state index in [-0.39, 0.29) is 40.8 Å². The molecule has 9 aliphatic rings. The van der Waals surface area contributed by atoms with Gasteiger partial charge in [-0.1, -0.05) is 62.8 Å². The standard InChI is InChI=1S/C50H73N3O5/c1-46(2,20-22-53-23-21-52-28-53)43-31-12-9-17-49(15-6-7-16-49)41(31)30-11-8-10-29-24-32(45(57)40(43)39(29)30)34-14-19-50(58)36-25-37(54)42-33(27-51-5)44(56)38(55)26-47(42,3)35(36)13-18-48(34,50)4/h21,23,25,28-29,32-35,38,40-42,44-45,51,55-58H,6-20,22,24,26-27H2,1-5H3. The molecule has 0 amide bonds. The van der Waals surface area contributed by atoms with E-state index in [1.54, 1.807) is 22.3 Å². The van der Waals surface area contributed by atoms with Gasteiger partial charge in [0.15, 0.2) is 5.78 Å². The molecular weight excluding hydrogens is 723 g/mol. The highest BCUT2D eigenvalue weighted by molar-refractivity contribution is 5.95. The molecule has 5 N–H and O–H groups in total. The van der Waals surface area contributed by atoms with E-state index in [9.17, 15) is 25.2 Å². The van der Waals surface area contributed by atoms with E-state index in [1.165, 1.54) is 57.8 Å². The van der Waals surface area contributed by atoms with Gasteiger partial charge in [0.05, 0.1) is 30.2 Å². The molecule has 14 unspecified atom stereocenters. The number of nitrogens with zero attached hydrogens (tertiary/aromatic N) is 2. The Labute approximate surface area is 347 Å². The van der Waals surface area contributed by atoms with Gasteiger partial charge in [-0.15, -0.1) is 0 Å². The van der Waals surface area contributed by atoms with Crippen molar-refractivity contribution >= 4 is 5.78 Å². The molecule has 1 aromatic heterocycles.